The van der Waals surface area contributed by atoms with Crippen molar-refractivity contribution in [2.75, 3.05) is 0 Å². The Kier molecular flexibility index (Phi) is 2.70. The summed E-state index contributed by atoms with van der Waals surface area (Å²) < 4.78 is 37.6. The summed E-state index contributed by atoms with van der Waals surface area (Å²) in [6.07, 6.45) is -2.46. The molecule has 5 N–H and O–H groups in total. The molecule has 2 heterocycles. The van der Waals surface area contributed by atoms with E-state index in [2.05, 4.69) is 20.3 Å². The van der Waals surface area contributed by atoms with E-state index in [9.17, 15) is 13.2 Å². The van der Waals surface area contributed by atoms with Crippen LogP contribution in [0, 0.1) is 0 Å². The summed E-state index contributed by atoms with van der Waals surface area (Å²) in [6.45, 7) is 0. The van der Waals surface area contributed by atoms with Gasteiger partial charge in [-0.15, -0.1) is 0 Å². The second kappa shape index (κ2) is 3.95. The van der Waals surface area contributed by atoms with E-state index in [1.807, 2.05) is 0 Å². The molecule has 0 saturated heterocycles. The van der Waals surface area contributed by atoms with E-state index in [-0.39, 0.29) is 11.5 Å². The topological polar surface area (TPSA) is 102 Å². The molecule has 1 atom stereocenters. The van der Waals surface area contributed by atoms with Crippen LogP contribution >= 0.6 is 0 Å². The monoisotopic (exact) mass is 258 g/mol. The minimum absolute atomic E-state index is 0.0297. The number of nitrogens with two attached hydrogens (primary N) is 2. The first-order chi connectivity index (χ1) is 8.31. The van der Waals surface area contributed by atoms with E-state index < -0.39 is 17.7 Å². The lowest BCUT2D eigenvalue weighted by atomic mass is 10.1. The van der Waals surface area contributed by atoms with E-state index >= 15 is 0 Å². The molecular formula is C9H9F3N6. The van der Waals surface area contributed by atoms with Crippen molar-refractivity contribution in [3.05, 3.63) is 29.6 Å². The molecule has 6 nitrogen and oxygen atoms in total. The van der Waals surface area contributed by atoms with E-state index in [0.717, 1.165) is 18.6 Å². The zero-order chi connectivity index (χ0) is 13.4. The number of hydrogen-bond acceptors (Lipinski definition) is 6. The van der Waals surface area contributed by atoms with E-state index in [4.69, 9.17) is 11.5 Å². The average Bonchev–Trinajstić information content (AvgIpc) is 2.28. The zero-order valence-corrected chi connectivity index (χ0v) is 8.94. The SMILES string of the molecule is NC1=NC=NC(N)(c2ccnc(C(F)(F)F)c2)N1. The molecule has 0 aromatic carbocycles. The zero-order valence-electron chi connectivity index (χ0n) is 8.94. The standard InChI is InChI=1S/C9H9F3N6/c10-8(11,12)6-3-5(1-2-15-6)9(14)17-4-16-7(13)18-9/h1-4H,14H2,(H3,13,16,17,18). The van der Waals surface area contributed by atoms with Gasteiger partial charge in [-0.2, -0.15) is 13.2 Å². The Morgan fingerprint density at radius 2 is 2.06 bits per heavy atom. The molecule has 9 heteroatoms. The van der Waals surface area contributed by atoms with Crippen molar-refractivity contribution in [1.29, 1.82) is 0 Å². The minimum atomic E-state index is -4.55. The Bertz CT molecular complexity index is 523. The van der Waals surface area contributed by atoms with Gasteiger partial charge in [-0.1, -0.05) is 0 Å². The molecule has 0 amide bonds. The van der Waals surface area contributed by atoms with Crippen molar-refractivity contribution in [2.45, 2.75) is 12.0 Å². The lowest BCUT2D eigenvalue weighted by molar-refractivity contribution is -0.141. The number of guanidine groups is 1. The number of hydrogen-bond donors (Lipinski definition) is 3. The van der Waals surface area contributed by atoms with Crippen molar-refractivity contribution >= 4 is 12.3 Å². The molecule has 0 aliphatic carbocycles. The van der Waals surface area contributed by atoms with Gasteiger partial charge in [0, 0.05) is 11.8 Å². The van der Waals surface area contributed by atoms with Gasteiger partial charge in [0.15, 0.2) is 5.96 Å². The van der Waals surface area contributed by atoms with Crippen LogP contribution in [0.25, 0.3) is 0 Å². The highest BCUT2D eigenvalue weighted by Crippen LogP contribution is 2.29. The fourth-order valence-corrected chi connectivity index (χ4v) is 1.41. The molecule has 18 heavy (non-hydrogen) atoms. The predicted octanol–water partition coefficient (Wildman–Crippen LogP) is 0.116. The number of rotatable bonds is 1. The first-order valence-corrected chi connectivity index (χ1v) is 4.79. The number of aromatic nitrogens is 1. The second-order valence-electron chi connectivity index (χ2n) is 3.58. The van der Waals surface area contributed by atoms with Crippen molar-refractivity contribution in [2.24, 2.45) is 21.5 Å². The van der Waals surface area contributed by atoms with E-state index in [0.29, 0.717) is 0 Å². The van der Waals surface area contributed by atoms with Crippen molar-refractivity contribution in [1.82, 2.24) is 10.3 Å². The van der Waals surface area contributed by atoms with Gasteiger partial charge in [0.2, 0.25) is 5.79 Å². The third-order valence-corrected chi connectivity index (χ3v) is 2.27. The lowest BCUT2D eigenvalue weighted by Gasteiger charge is -2.29. The van der Waals surface area contributed by atoms with Crippen molar-refractivity contribution < 1.29 is 13.2 Å². The van der Waals surface area contributed by atoms with Gasteiger partial charge < -0.3 is 11.1 Å². The molecule has 96 valence electrons. The normalized spacial score (nSPS) is 23.4. The van der Waals surface area contributed by atoms with E-state index in [1.54, 1.807) is 0 Å². The largest absolute Gasteiger partial charge is 0.433 e. The number of aliphatic imine (C=N–C) groups is 2. The van der Waals surface area contributed by atoms with Crippen molar-refractivity contribution in [3.63, 3.8) is 0 Å². The number of pyridine rings is 1. The fraction of sp³-hybridized carbons (Fsp3) is 0.222. The minimum Gasteiger partial charge on any atom is -0.370 e. The Hall–Kier alpha value is -2.16. The number of nitrogens with one attached hydrogen (secondary N) is 1. The van der Waals surface area contributed by atoms with Gasteiger partial charge in [-0.3, -0.25) is 10.7 Å². The summed E-state index contributed by atoms with van der Waals surface area (Å²) in [6, 6.07) is 2.13. The highest BCUT2D eigenvalue weighted by Gasteiger charge is 2.35. The summed E-state index contributed by atoms with van der Waals surface area (Å²) in [7, 11) is 0. The Morgan fingerprint density at radius 1 is 1.33 bits per heavy atom. The maximum absolute atomic E-state index is 12.5. The van der Waals surface area contributed by atoms with Crippen LogP contribution in [-0.2, 0) is 12.0 Å². The Morgan fingerprint density at radius 3 is 2.67 bits per heavy atom. The van der Waals surface area contributed by atoms with Gasteiger partial charge >= 0.3 is 6.18 Å². The first-order valence-electron chi connectivity index (χ1n) is 4.79. The van der Waals surface area contributed by atoms with Crippen LogP contribution in [0.2, 0.25) is 0 Å². The van der Waals surface area contributed by atoms with Crippen LogP contribution in [0.15, 0.2) is 28.3 Å². The van der Waals surface area contributed by atoms with Crippen LogP contribution in [0.5, 0.6) is 0 Å². The lowest BCUT2D eigenvalue weighted by Crippen LogP contribution is -2.55. The summed E-state index contributed by atoms with van der Waals surface area (Å²) in [5, 5.41) is 2.50. The van der Waals surface area contributed by atoms with Crippen LogP contribution in [-0.4, -0.2) is 17.3 Å². The Balaban J connectivity index is 2.41. The maximum Gasteiger partial charge on any atom is 0.433 e. The van der Waals surface area contributed by atoms with Crippen LogP contribution in [0.4, 0.5) is 13.2 Å². The van der Waals surface area contributed by atoms with Crippen LogP contribution in [0.3, 0.4) is 0 Å². The molecule has 0 radical (unpaired) electrons. The summed E-state index contributed by atoms with van der Waals surface area (Å²) in [4.78, 5) is 10.6. The highest BCUT2D eigenvalue weighted by atomic mass is 19.4. The maximum atomic E-state index is 12.5. The molecule has 0 saturated carbocycles. The summed E-state index contributed by atoms with van der Waals surface area (Å²) in [5.41, 5.74) is 10.2. The average molecular weight is 258 g/mol. The third-order valence-electron chi connectivity index (χ3n) is 2.27. The molecule has 1 aliphatic rings. The third kappa shape index (κ3) is 2.25. The predicted molar refractivity (Wildman–Crippen MR) is 58.4 cm³/mol. The summed E-state index contributed by atoms with van der Waals surface area (Å²) in [5.74, 6) is -1.60. The van der Waals surface area contributed by atoms with Gasteiger partial charge in [0.1, 0.15) is 12.0 Å². The molecule has 2 rings (SSSR count). The van der Waals surface area contributed by atoms with Crippen LogP contribution < -0.4 is 16.8 Å². The smallest absolute Gasteiger partial charge is 0.370 e. The first kappa shape index (κ1) is 12.3. The van der Waals surface area contributed by atoms with Gasteiger partial charge in [-0.25, -0.2) is 9.98 Å². The van der Waals surface area contributed by atoms with Gasteiger partial charge in [0.05, 0.1) is 0 Å². The van der Waals surface area contributed by atoms with Gasteiger partial charge in [-0.05, 0) is 12.1 Å². The molecule has 0 fully saturated rings. The molecule has 1 aromatic rings. The van der Waals surface area contributed by atoms with Crippen molar-refractivity contribution in [3.8, 4) is 0 Å². The quantitative estimate of drug-likeness (QED) is 0.665. The van der Waals surface area contributed by atoms with Crippen LogP contribution in [0.1, 0.15) is 11.3 Å². The number of nitrogens with zero attached hydrogens (tertiary/aromatic N) is 3. The molecule has 0 spiro atoms. The molecular weight excluding hydrogens is 249 g/mol. The number of alkyl halides is 3. The fourth-order valence-electron chi connectivity index (χ4n) is 1.41. The van der Waals surface area contributed by atoms with E-state index in [1.165, 1.54) is 6.07 Å². The van der Waals surface area contributed by atoms with Gasteiger partial charge in [0.25, 0.3) is 0 Å². The molecule has 1 aliphatic heterocycles. The number of halogens is 3. The Labute approximate surface area is 99.6 Å². The molecule has 1 aromatic heterocycles. The second-order valence-corrected chi connectivity index (χ2v) is 3.58. The molecule has 1 unspecified atom stereocenters. The summed E-state index contributed by atoms with van der Waals surface area (Å²) >= 11 is 0. The highest BCUT2D eigenvalue weighted by molar-refractivity contribution is 5.88. The molecule has 0 bridgehead atoms.